The summed E-state index contributed by atoms with van der Waals surface area (Å²) in [6.07, 6.45) is 1.29. The van der Waals surface area contributed by atoms with Gasteiger partial charge in [-0.05, 0) is 36.8 Å². The predicted octanol–water partition coefficient (Wildman–Crippen LogP) is 3.21. The Morgan fingerprint density at radius 1 is 1.14 bits per heavy atom. The number of nitro benzene ring substituents is 1. The average molecular weight is 396 g/mol. The number of carbonyl (C=O) groups is 2. The van der Waals surface area contributed by atoms with Crippen molar-refractivity contribution in [1.29, 1.82) is 5.26 Å². The lowest BCUT2D eigenvalue weighted by Gasteiger charge is -2.10. The van der Waals surface area contributed by atoms with Crippen molar-refractivity contribution in [3.63, 3.8) is 0 Å². The molecule has 0 saturated heterocycles. The molecular weight excluding hydrogens is 380 g/mol. The fraction of sp³-hybridized carbons (Fsp3) is 0.150. The third-order valence-electron chi connectivity index (χ3n) is 3.87. The summed E-state index contributed by atoms with van der Waals surface area (Å²) < 4.78 is 15.0. The van der Waals surface area contributed by atoms with Crippen LogP contribution in [0.5, 0.6) is 11.5 Å². The summed E-state index contributed by atoms with van der Waals surface area (Å²) in [7, 11) is 2.51. The molecular formula is C20H16N2O7. The summed E-state index contributed by atoms with van der Waals surface area (Å²) in [5.74, 6) is -1.37. The smallest absolute Gasteiger partial charge is 0.348 e. The fourth-order valence-corrected chi connectivity index (χ4v) is 2.36. The standard InChI is InChI=1S/C20H16N2O7/c1-12-4-6-14(10-16(12)22(25)26)20(24)29-17-7-5-13(9-18(17)27-2)8-15(11-21)19(23)28-3/h4-10H,1-3H3/b15-8+. The van der Waals surface area contributed by atoms with E-state index in [9.17, 15) is 19.7 Å². The number of rotatable bonds is 6. The number of esters is 2. The molecule has 9 nitrogen and oxygen atoms in total. The Morgan fingerprint density at radius 3 is 2.45 bits per heavy atom. The summed E-state index contributed by atoms with van der Waals surface area (Å²) >= 11 is 0. The fourth-order valence-electron chi connectivity index (χ4n) is 2.36. The molecule has 0 N–H and O–H groups in total. The van der Waals surface area contributed by atoms with E-state index in [1.165, 1.54) is 43.5 Å². The lowest BCUT2D eigenvalue weighted by Crippen LogP contribution is -2.10. The summed E-state index contributed by atoms with van der Waals surface area (Å²) in [4.78, 5) is 34.4. The second-order valence-corrected chi connectivity index (χ2v) is 5.72. The minimum absolute atomic E-state index is 0.00536. The molecule has 0 radical (unpaired) electrons. The SMILES string of the molecule is COC(=O)/C(C#N)=C/c1ccc(OC(=O)c2ccc(C)c([N+](=O)[O-])c2)c(OC)c1. The van der Waals surface area contributed by atoms with Gasteiger partial charge in [0.15, 0.2) is 11.5 Å². The number of carbonyl (C=O) groups excluding carboxylic acids is 2. The van der Waals surface area contributed by atoms with Crippen LogP contribution in [0.15, 0.2) is 42.0 Å². The molecule has 0 aliphatic rings. The maximum atomic E-state index is 12.4. The molecule has 148 valence electrons. The van der Waals surface area contributed by atoms with Gasteiger partial charge in [0, 0.05) is 11.6 Å². The van der Waals surface area contributed by atoms with Crippen molar-refractivity contribution in [2.24, 2.45) is 0 Å². The zero-order valence-electron chi connectivity index (χ0n) is 15.8. The molecule has 2 rings (SSSR count). The molecule has 29 heavy (non-hydrogen) atoms. The molecule has 2 aromatic rings. The molecule has 0 heterocycles. The maximum absolute atomic E-state index is 12.4. The van der Waals surface area contributed by atoms with Crippen molar-refractivity contribution in [2.75, 3.05) is 14.2 Å². The molecule has 2 aromatic carbocycles. The first-order valence-electron chi connectivity index (χ1n) is 8.16. The zero-order chi connectivity index (χ0) is 21.6. The minimum atomic E-state index is -0.804. The van der Waals surface area contributed by atoms with E-state index in [4.69, 9.17) is 14.7 Å². The lowest BCUT2D eigenvalue weighted by atomic mass is 10.1. The molecule has 0 atom stereocenters. The first-order chi connectivity index (χ1) is 13.8. The van der Waals surface area contributed by atoms with Crippen molar-refractivity contribution in [2.45, 2.75) is 6.92 Å². The summed E-state index contributed by atoms with van der Waals surface area (Å²) in [6, 6.07) is 10.1. The highest BCUT2D eigenvalue weighted by atomic mass is 16.6. The van der Waals surface area contributed by atoms with Crippen LogP contribution in [-0.2, 0) is 9.53 Å². The van der Waals surface area contributed by atoms with Gasteiger partial charge in [-0.2, -0.15) is 5.26 Å². The number of methoxy groups -OCH3 is 2. The van der Waals surface area contributed by atoms with Gasteiger partial charge in [-0.15, -0.1) is 0 Å². The summed E-state index contributed by atoms with van der Waals surface area (Å²) in [5.41, 5.74) is 0.449. The van der Waals surface area contributed by atoms with Crippen LogP contribution in [0.4, 0.5) is 5.69 Å². The Kier molecular flexibility index (Phi) is 6.66. The number of aryl methyl sites for hydroxylation is 1. The van der Waals surface area contributed by atoms with E-state index in [1.54, 1.807) is 13.0 Å². The quantitative estimate of drug-likeness (QED) is 0.182. The van der Waals surface area contributed by atoms with Crippen LogP contribution < -0.4 is 9.47 Å². The molecule has 0 spiro atoms. The van der Waals surface area contributed by atoms with Gasteiger partial charge in [0.05, 0.1) is 24.7 Å². The average Bonchev–Trinajstić information content (AvgIpc) is 2.72. The highest BCUT2D eigenvalue weighted by Crippen LogP contribution is 2.30. The number of hydrogen-bond acceptors (Lipinski definition) is 8. The van der Waals surface area contributed by atoms with Gasteiger partial charge in [-0.3, -0.25) is 10.1 Å². The van der Waals surface area contributed by atoms with Gasteiger partial charge in [0.1, 0.15) is 11.6 Å². The number of nitro groups is 1. The maximum Gasteiger partial charge on any atom is 0.348 e. The molecule has 0 fully saturated rings. The van der Waals surface area contributed by atoms with Crippen LogP contribution in [0.25, 0.3) is 6.08 Å². The third-order valence-corrected chi connectivity index (χ3v) is 3.87. The highest BCUT2D eigenvalue weighted by Gasteiger charge is 2.18. The monoisotopic (exact) mass is 396 g/mol. The Labute approximate surface area is 165 Å². The summed E-state index contributed by atoms with van der Waals surface area (Å²) in [5, 5.41) is 20.1. The first-order valence-corrected chi connectivity index (χ1v) is 8.16. The largest absolute Gasteiger partial charge is 0.493 e. The van der Waals surface area contributed by atoms with Gasteiger partial charge in [-0.1, -0.05) is 12.1 Å². The third kappa shape index (κ3) is 4.95. The van der Waals surface area contributed by atoms with Crippen LogP contribution in [0.3, 0.4) is 0 Å². The Bertz CT molecular complexity index is 1050. The van der Waals surface area contributed by atoms with E-state index in [0.717, 1.165) is 13.2 Å². The Morgan fingerprint density at radius 2 is 1.86 bits per heavy atom. The van der Waals surface area contributed by atoms with E-state index in [2.05, 4.69) is 4.74 Å². The second kappa shape index (κ2) is 9.14. The Balaban J connectivity index is 2.32. The normalized spacial score (nSPS) is 10.6. The molecule has 9 heteroatoms. The molecule has 0 aromatic heterocycles. The van der Waals surface area contributed by atoms with Crippen molar-refractivity contribution < 1.29 is 28.7 Å². The molecule has 0 saturated carbocycles. The van der Waals surface area contributed by atoms with Crippen LogP contribution in [0.2, 0.25) is 0 Å². The number of nitriles is 1. The van der Waals surface area contributed by atoms with E-state index >= 15 is 0 Å². The van der Waals surface area contributed by atoms with Crippen molar-refractivity contribution >= 4 is 23.7 Å². The number of benzene rings is 2. The number of nitrogens with zero attached hydrogens (tertiary/aromatic N) is 2. The van der Waals surface area contributed by atoms with E-state index in [-0.39, 0.29) is 28.3 Å². The van der Waals surface area contributed by atoms with Crippen molar-refractivity contribution in [3.05, 3.63) is 68.8 Å². The zero-order valence-corrected chi connectivity index (χ0v) is 15.8. The van der Waals surface area contributed by atoms with Gasteiger partial charge >= 0.3 is 11.9 Å². The molecule has 0 aliphatic heterocycles. The van der Waals surface area contributed by atoms with E-state index in [0.29, 0.717) is 11.1 Å². The van der Waals surface area contributed by atoms with E-state index in [1.807, 2.05) is 0 Å². The molecule has 0 unspecified atom stereocenters. The van der Waals surface area contributed by atoms with Gasteiger partial charge in [0.2, 0.25) is 0 Å². The van der Waals surface area contributed by atoms with Crippen molar-refractivity contribution in [1.82, 2.24) is 0 Å². The molecule has 0 aliphatic carbocycles. The second-order valence-electron chi connectivity index (χ2n) is 5.72. The Hall–Kier alpha value is -4.19. The van der Waals surface area contributed by atoms with Gasteiger partial charge in [0.25, 0.3) is 5.69 Å². The lowest BCUT2D eigenvalue weighted by molar-refractivity contribution is -0.385. The number of hydrogen-bond donors (Lipinski definition) is 0. The summed E-state index contributed by atoms with van der Waals surface area (Å²) in [6.45, 7) is 1.56. The van der Waals surface area contributed by atoms with Gasteiger partial charge in [-0.25, -0.2) is 9.59 Å². The highest BCUT2D eigenvalue weighted by molar-refractivity contribution is 5.98. The van der Waals surface area contributed by atoms with Crippen molar-refractivity contribution in [3.8, 4) is 17.6 Å². The minimum Gasteiger partial charge on any atom is -0.493 e. The predicted molar refractivity (Wildman–Crippen MR) is 101 cm³/mol. The van der Waals surface area contributed by atoms with E-state index < -0.39 is 16.9 Å². The van der Waals surface area contributed by atoms with Gasteiger partial charge < -0.3 is 14.2 Å². The van der Waals surface area contributed by atoms with Crippen LogP contribution in [0.1, 0.15) is 21.5 Å². The first kappa shape index (κ1) is 21.1. The topological polar surface area (TPSA) is 129 Å². The van der Waals surface area contributed by atoms with Crippen LogP contribution in [-0.4, -0.2) is 31.1 Å². The number of ether oxygens (including phenoxy) is 3. The van der Waals surface area contributed by atoms with Crippen LogP contribution >= 0.6 is 0 Å². The van der Waals surface area contributed by atoms with Crippen LogP contribution in [0, 0.1) is 28.4 Å². The molecule has 0 bridgehead atoms. The molecule has 0 amide bonds.